The number of nitrogens with zero attached hydrogens (tertiary/aromatic N) is 1. The molecule has 1 rings (SSSR count). The maximum Gasteiger partial charge on any atom is 0.371 e. The van der Waals surface area contributed by atoms with Crippen molar-refractivity contribution < 1.29 is 27.5 Å². The van der Waals surface area contributed by atoms with Gasteiger partial charge in [0.1, 0.15) is 4.90 Å². The highest BCUT2D eigenvalue weighted by molar-refractivity contribution is 9.10. The third-order valence-electron chi connectivity index (χ3n) is 2.29. The lowest BCUT2D eigenvalue weighted by atomic mass is 10.4. The van der Waals surface area contributed by atoms with E-state index in [9.17, 15) is 18.0 Å². The molecule has 0 bridgehead atoms. The Morgan fingerprint density at radius 3 is 2.50 bits per heavy atom. The fourth-order valence-electron chi connectivity index (χ4n) is 1.23. The topological polar surface area (TPSA) is 117 Å². The van der Waals surface area contributed by atoms with E-state index in [1.165, 1.54) is 4.90 Å². The summed E-state index contributed by atoms with van der Waals surface area (Å²) in [4.78, 5) is 23.0. The Balaban J connectivity index is 2.79. The molecule has 0 aliphatic heterocycles. The van der Waals surface area contributed by atoms with Crippen molar-refractivity contribution in [1.29, 1.82) is 0 Å². The standard InChI is InChI=1S/C10H13BrN2O6S/c1-13(2)8(14)3-4-12-20(17,18)7-5-6(10(15)16)19-9(7)11/h5,12H,3-4H2,1-2H3,(H,15,16). The number of furan rings is 1. The highest BCUT2D eigenvalue weighted by Crippen LogP contribution is 2.25. The minimum atomic E-state index is -3.95. The van der Waals surface area contributed by atoms with Gasteiger partial charge in [-0.3, -0.25) is 4.79 Å². The van der Waals surface area contributed by atoms with E-state index in [1.54, 1.807) is 14.1 Å². The van der Waals surface area contributed by atoms with Crippen molar-refractivity contribution in [2.75, 3.05) is 20.6 Å². The molecule has 0 aliphatic carbocycles. The van der Waals surface area contributed by atoms with Gasteiger partial charge in [0.2, 0.25) is 21.7 Å². The number of rotatable bonds is 6. The van der Waals surface area contributed by atoms with Crippen LogP contribution in [0.5, 0.6) is 0 Å². The summed E-state index contributed by atoms with van der Waals surface area (Å²) in [7, 11) is -0.833. The number of hydrogen-bond donors (Lipinski definition) is 2. The lowest BCUT2D eigenvalue weighted by Crippen LogP contribution is -2.30. The molecular formula is C10H13BrN2O6S. The molecule has 0 aliphatic rings. The third-order valence-corrected chi connectivity index (χ3v) is 4.60. The van der Waals surface area contributed by atoms with E-state index >= 15 is 0 Å². The predicted molar refractivity (Wildman–Crippen MR) is 71.9 cm³/mol. The number of nitrogens with one attached hydrogen (secondary N) is 1. The van der Waals surface area contributed by atoms with Crippen molar-refractivity contribution in [2.24, 2.45) is 0 Å². The lowest BCUT2D eigenvalue weighted by Gasteiger charge is -2.10. The molecule has 112 valence electrons. The van der Waals surface area contributed by atoms with Crippen LogP contribution in [-0.2, 0) is 14.8 Å². The van der Waals surface area contributed by atoms with Crippen LogP contribution in [0.15, 0.2) is 20.0 Å². The minimum absolute atomic E-state index is 0.00646. The lowest BCUT2D eigenvalue weighted by molar-refractivity contribution is -0.128. The van der Waals surface area contributed by atoms with Gasteiger partial charge in [0, 0.05) is 33.1 Å². The van der Waals surface area contributed by atoms with E-state index in [0.29, 0.717) is 0 Å². The second-order valence-electron chi connectivity index (χ2n) is 3.99. The molecule has 1 amide bonds. The summed E-state index contributed by atoms with van der Waals surface area (Å²) in [6, 6.07) is 0.891. The number of carboxylic acids is 1. The van der Waals surface area contributed by atoms with Gasteiger partial charge < -0.3 is 14.4 Å². The molecular weight excluding hydrogens is 356 g/mol. The molecule has 0 spiro atoms. The van der Waals surface area contributed by atoms with Crippen LogP contribution in [0.2, 0.25) is 0 Å². The van der Waals surface area contributed by atoms with Crippen LogP contribution in [0.3, 0.4) is 0 Å². The summed E-state index contributed by atoms with van der Waals surface area (Å²) in [6.07, 6.45) is -0.00646. The molecule has 1 heterocycles. The SMILES string of the molecule is CN(C)C(=O)CCNS(=O)(=O)c1cc(C(=O)O)oc1Br. The quantitative estimate of drug-likeness (QED) is 0.754. The first-order valence-corrected chi connectivity index (χ1v) is 7.65. The molecule has 10 heteroatoms. The van der Waals surface area contributed by atoms with Crippen molar-refractivity contribution in [3.8, 4) is 0 Å². The van der Waals surface area contributed by atoms with Gasteiger partial charge in [0.25, 0.3) is 0 Å². The van der Waals surface area contributed by atoms with Gasteiger partial charge in [-0.25, -0.2) is 17.9 Å². The number of amides is 1. The predicted octanol–water partition coefficient (Wildman–Crippen LogP) is 0.497. The van der Waals surface area contributed by atoms with E-state index in [-0.39, 0.29) is 28.4 Å². The molecule has 2 N–H and O–H groups in total. The van der Waals surface area contributed by atoms with Gasteiger partial charge in [-0.1, -0.05) is 0 Å². The Bertz CT molecular complexity index is 622. The van der Waals surface area contributed by atoms with Crippen molar-refractivity contribution in [3.63, 3.8) is 0 Å². The first kappa shape index (κ1) is 16.7. The fourth-order valence-corrected chi connectivity index (χ4v) is 3.20. The van der Waals surface area contributed by atoms with Crippen LogP contribution in [0.1, 0.15) is 17.0 Å². The van der Waals surface area contributed by atoms with Crippen LogP contribution in [0.25, 0.3) is 0 Å². The molecule has 0 atom stereocenters. The van der Waals surface area contributed by atoms with Gasteiger partial charge in [0.15, 0.2) is 4.67 Å². The van der Waals surface area contributed by atoms with E-state index in [2.05, 4.69) is 20.7 Å². The van der Waals surface area contributed by atoms with E-state index in [4.69, 9.17) is 9.52 Å². The van der Waals surface area contributed by atoms with Crippen LogP contribution in [-0.4, -0.2) is 50.9 Å². The second-order valence-corrected chi connectivity index (χ2v) is 6.45. The second kappa shape index (κ2) is 6.37. The van der Waals surface area contributed by atoms with Gasteiger partial charge in [0.05, 0.1) is 0 Å². The molecule has 0 saturated carbocycles. The number of carbonyl (C=O) groups excluding carboxylic acids is 1. The zero-order chi connectivity index (χ0) is 15.5. The normalized spacial score (nSPS) is 11.3. The Kier molecular flexibility index (Phi) is 5.31. The van der Waals surface area contributed by atoms with Crippen LogP contribution in [0.4, 0.5) is 0 Å². The van der Waals surface area contributed by atoms with Crippen LogP contribution < -0.4 is 4.72 Å². The summed E-state index contributed by atoms with van der Waals surface area (Å²) < 4.78 is 30.6. The fraction of sp³-hybridized carbons (Fsp3) is 0.400. The average Bonchev–Trinajstić information content (AvgIpc) is 2.71. The summed E-state index contributed by atoms with van der Waals surface area (Å²) in [5.41, 5.74) is 0. The molecule has 0 fully saturated rings. The molecule has 8 nitrogen and oxygen atoms in total. The Morgan fingerprint density at radius 1 is 1.45 bits per heavy atom. The Hall–Kier alpha value is -1.39. The zero-order valence-electron chi connectivity index (χ0n) is 10.7. The van der Waals surface area contributed by atoms with Crippen LogP contribution >= 0.6 is 15.9 Å². The van der Waals surface area contributed by atoms with Gasteiger partial charge >= 0.3 is 5.97 Å². The van der Waals surface area contributed by atoms with Crippen LogP contribution in [0, 0.1) is 0 Å². The average molecular weight is 369 g/mol. The first-order chi connectivity index (χ1) is 9.15. The summed E-state index contributed by atoms with van der Waals surface area (Å²) in [5, 5.41) is 8.72. The number of hydrogen-bond acceptors (Lipinski definition) is 5. The molecule has 1 aromatic rings. The number of sulfonamides is 1. The Morgan fingerprint density at radius 2 is 2.05 bits per heavy atom. The molecule has 0 saturated heterocycles. The van der Waals surface area contributed by atoms with Gasteiger partial charge in [-0.05, 0) is 15.9 Å². The minimum Gasteiger partial charge on any atom is -0.475 e. The maximum atomic E-state index is 11.9. The Labute approximate surface area is 123 Å². The monoisotopic (exact) mass is 368 g/mol. The van der Waals surface area contributed by atoms with Gasteiger partial charge in [-0.15, -0.1) is 0 Å². The number of aromatic carboxylic acids is 1. The van der Waals surface area contributed by atoms with E-state index in [1.807, 2.05) is 0 Å². The number of carbonyl (C=O) groups is 2. The maximum absolute atomic E-state index is 11.9. The molecule has 20 heavy (non-hydrogen) atoms. The highest BCUT2D eigenvalue weighted by Gasteiger charge is 2.24. The van der Waals surface area contributed by atoms with E-state index < -0.39 is 21.8 Å². The largest absolute Gasteiger partial charge is 0.475 e. The molecule has 1 aromatic heterocycles. The third kappa shape index (κ3) is 4.05. The summed E-state index contributed by atoms with van der Waals surface area (Å²) >= 11 is 2.84. The molecule has 0 radical (unpaired) electrons. The van der Waals surface area contributed by atoms with Crippen molar-refractivity contribution in [3.05, 3.63) is 16.5 Å². The van der Waals surface area contributed by atoms with Crippen molar-refractivity contribution >= 4 is 37.8 Å². The van der Waals surface area contributed by atoms with Gasteiger partial charge in [-0.2, -0.15) is 0 Å². The molecule has 0 aromatic carbocycles. The van der Waals surface area contributed by atoms with Crippen molar-refractivity contribution in [1.82, 2.24) is 9.62 Å². The number of carboxylic acid groups (broad SMARTS) is 1. The van der Waals surface area contributed by atoms with Crippen molar-refractivity contribution in [2.45, 2.75) is 11.3 Å². The summed E-state index contributed by atoms with van der Waals surface area (Å²) in [6.45, 7) is -0.0978. The number of halogens is 1. The first-order valence-electron chi connectivity index (χ1n) is 5.37. The van der Waals surface area contributed by atoms with E-state index in [0.717, 1.165) is 6.07 Å². The summed E-state index contributed by atoms with van der Waals surface area (Å²) in [5.74, 6) is -2.11. The smallest absolute Gasteiger partial charge is 0.371 e. The molecule has 0 unspecified atom stereocenters. The zero-order valence-corrected chi connectivity index (χ0v) is 13.1. The highest BCUT2D eigenvalue weighted by atomic mass is 79.9.